The van der Waals surface area contributed by atoms with Gasteiger partial charge in [0.1, 0.15) is 0 Å². The first-order chi connectivity index (χ1) is 8.60. The van der Waals surface area contributed by atoms with Gasteiger partial charge in [-0.2, -0.15) is 5.26 Å². The van der Waals surface area contributed by atoms with Crippen molar-refractivity contribution in [3.05, 3.63) is 34.9 Å². The van der Waals surface area contributed by atoms with Crippen LogP contribution in [0.4, 0.5) is 8.78 Å². The average molecular weight is 253 g/mol. The maximum absolute atomic E-state index is 12.6. The number of ether oxygens (including phenoxy) is 1. The third kappa shape index (κ3) is 3.52. The molecule has 1 rings (SSSR count). The first kappa shape index (κ1) is 14.1. The van der Waals surface area contributed by atoms with E-state index in [9.17, 15) is 13.6 Å². The number of hydrogen-bond donors (Lipinski definition) is 0. The SMILES string of the molecule is CCOC(=O)c1ccc(C(F)F)cc1CCC#N. The number of nitriles is 1. The summed E-state index contributed by atoms with van der Waals surface area (Å²) in [6.07, 6.45) is -2.17. The van der Waals surface area contributed by atoms with Crippen LogP contribution in [0.3, 0.4) is 0 Å². The summed E-state index contributed by atoms with van der Waals surface area (Å²) in [5.41, 5.74) is 0.514. The van der Waals surface area contributed by atoms with E-state index in [4.69, 9.17) is 10.00 Å². The van der Waals surface area contributed by atoms with Crippen molar-refractivity contribution < 1.29 is 18.3 Å². The van der Waals surface area contributed by atoms with Crippen LogP contribution in [0.1, 0.15) is 41.3 Å². The average Bonchev–Trinajstić information content (AvgIpc) is 2.36. The number of benzene rings is 1. The summed E-state index contributed by atoms with van der Waals surface area (Å²) in [7, 11) is 0. The predicted molar refractivity (Wildman–Crippen MR) is 61.3 cm³/mol. The second-order valence-electron chi connectivity index (χ2n) is 3.60. The summed E-state index contributed by atoms with van der Waals surface area (Å²) in [6.45, 7) is 1.88. The number of halogens is 2. The summed E-state index contributed by atoms with van der Waals surface area (Å²) in [5.74, 6) is -0.550. The minimum absolute atomic E-state index is 0.156. The van der Waals surface area contributed by atoms with E-state index in [-0.39, 0.29) is 30.6 Å². The monoisotopic (exact) mass is 253 g/mol. The number of nitrogens with zero attached hydrogens (tertiary/aromatic N) is 1. The van der Waals surface area contributed by atoms with Gasteiger partial charge in [0.25, 0.3) is 6.43 Å². The summed E-state index contributed by atoms with van der Waals surface area (Å²) in [6, 6.07) is 5.71. The summed E-state index contributed by atoms with van der Waals surface area (Å²) >= 11 is 0. The molecule has 0 amide bonds. The first-order valence-electron chi connectivity index (χ1n) is 5.55. The maximum Gasteiger partial charge on any atom is 0.338 e. The molecule has 1 aromatic rings. The highest BCUT2D eigenvalue weighted by Crippen LogP contribution is 2.23. The second-order valence-corrected chi connectivity index (χ2v) is 3.60. The lowest BCUT2D eigenvalue weighted by Gasteiger charge is -2.09. The van der Waals surface area contributed by atoms with Gasteiger partial charge in [-0.25, -0.2) is 13.6 Å². The largest absolute Gasteiger partial charge is 0.462 e. The maximum atomic E-state index is 12.6. The van der Waals surface area contributed by atoms with E-state index in [1.165, 1.54) is 18.2 Å². The Morgan fingerprint density at radius 1 is 1.50 bits per heavy atom. The lowest BCUT2D eigenvalue weighted by atomic mass is 10.00. The van der Waals surface area contributed by atoms with Gasteiger partial charge in [0.05, 0.1) is 18.2 Å². The zero-order valence-electron chi connectivity index (χ0n) is 9.95. The summed E-state index contributed by atoms with van der Waals surface area (Å²) < 4.78 is 30.0. The smallest absolute Gasteiger partial charge is 0.338 e. The molecule has 0 aromatic heterocycles. The number of esters is 1. The Kier molecular flexibility index (Phi) is 5.25. The van der Waals surface area contributed by atoms with Gasteiger partial charge in [0.2, 0.25) is 0 Å². The number of aryl methyl sites for hydroxylation is 1. The quantitative estimate of drug-likeness (QED) is 0.757. The van der Waals surface area contributed by atoms with Crippen LogP contribution in [0.5, 0.6) is 0 Å². The number of carbonyl (C=O) groups is 1. The van der Waals surface area contributed by atoms with Crippen LogP contribution < -0.4 is 0 Å². The van der Waals surface area contributed by atoms with E-state index in [1.54, 1.807) is 6.92 Å². The molecule has 1 aromatic carbocycles. The van der Waals surface area contributed by atoms with E-state index < -0.39 is 12.4 Å². The fraction of sp³-hybridized carbons (Fsp3) is 0.385. The molecule has 96 valence electrons. The molecule has 3 nitrogen and oxygen atoms in total. The van der Waals surface area contributed by atoms with Gasteiger partial charge in [0.15, 0.2) is 0 Å². The van der Waals surface area contributed by atoms with Crippen molar-refractivity contribution in [2.45, 2.75) is 26.2 Å². The van der Waals surface area contributed by atoms with E-state index >= 15 is 0 Å². The fourth-order valence-electron chi connectivity index (χ4n) is 1.55. The molecule has 0 saturated carbocycles. The predicted octanol–water partition coefficient (Wildman–Crippen LogP) is 3.26. The summed E-state index contributed by atoms with van der Waals surface area (Å²) in [4.78, 5) is 11.6. The fourth-order valence-corrected chi connectivity index (χ4v) is 1.55. The van der Waals surface area contributed by atoms with Crippen LogP contribution in [0, 0.1) is 11.3 Å². The molecule has 0 saturated heterocycles. The third-order valence-electron chi connectivity index (χ3n) is 2.38. The molecule has 0 unspecified atom stereocenters. The Labute approximate surface area is 104 Å². The summed E-state index contributed by atoms with van der Waals surface area (Å²) in [5, 5.41) is 8.52. The number of carbonyl (C=O) groups excluding carboxylic acids is 1. The Morgan fingerprint density at radius 2 is 2.22 bits per heavy atom. The van der Waals surface area contributed by atoms with Gasteiger partial charge < -0.3 is 4.74 Å². The Hall–Kier alpha value is -1.96. The molecule has 0 fully saturated rings. The van der Waals surface area contributed by atoms with Gasteiger partial charge in [-0.1, -0.05) is 6.07 Å². The van der Waals surface area contributed by atoms with Crippen LogP contribution in [-0.2, 0) is 11.2 Å². The molecule has 0 atom stereocenters. The Bertz CT molecular complexity index is 467. The van der Waals surface area contributed by atoms with Crippen molar-refractivity contribution >= 4 is 5.97 Å². The molecular formula is C13H13F2NO2. The van der Waals surface area contributed by atoms with E-state index in [0.29, 0.717) is 5.56 Å². The topological polar surface area (TPSA) is 50.1 Å². The van der Waals surface area contributed by atoms with Gasteiger partial charge in [0, 0.05) is 12.0 Å². The molecular weight excluding hydrogens is 240 g/mol. The molecule has 0 radical (unpaired) electrons. The van der Waals surface area contributed by atoms with Crippen LogP contribution in [0.25, 0.3) is 0 Å². The first-order valence-corrected chi connectivity index (χ1v) is 5.55. The Balaban J connectivity index is 3.08. The van der Waals surface area contributed by atoms with Crippen LogP contribution in [-0.4, -0.2) is 12.6 Å². The van der Waals surface area contributed by atoms with Gasteiger partial charge in [-0.05, 0) is 31.0 Å². The van der Waals surface area contributed by atoms with E-state index in [2.05, 4.69) is 0 Å². The third-order valence-corrected chi connectivity index (χ3v) is 2.38. The lowest BCUT2D eigenvalue weighted by molar-refractivity contribution is 0.0524. The molecule has 0 heterocycles. The lowest BCUT2D eigenvalue weighted by Crippen LogP contribution is -2.09. The molecule has 0 N–H and O–H groups in total. The van der Waals surface area contributed by atoms with Crippen molar-refractivity contribution in [2.24, 2.45) is 0 Å². The number of hydrogen-bond acceptors (Lipinski definition) is 3. The Morgan fingerprint density at radius 3 is 2.78 bits per heavy atom. The normalized spacial score (nSPS) is 10.2. The zero-order chi connectivity index (χ0) is 13.5. The highest BCUT2D eigenvalue weighted by Gasteiger charge is 2.15. The number of rotatable bonds is 5. The molecule has 0 aliphatic heterocycles. The number of alkyl halides is 2. The van der Waals surface area contributed by atoms with Crippen LogP contribution in [0.15, 0.2) is 18.2 Å². The van der Waals surface area contributed by atoms with Crippen LogP contribution >= 0.6 is 0 Å². The van der Waals surface area contributed by atoms with E-state index in [1.807, 2.05) is 6.07 Å². The highest BCUT2D eigenvalue weighted by atomic mass is 19.3. The highest BCUT2D eigenvalue weighted by molar-refractivity contribution is 5.91. The minimum atomic E-state index is -2.60. The molecule has 0 aliphatic carbocycles. The van der Waals surface area contributed by atoms with Crippen molar-refractivity contribution in [3.63, 3.8) is 0 Å². The van der Waals surface area contributed by atoms with Crippen LogP contribution in [0.2, 0.25) is 0 Å². The van der Waals surface area contributed by atoms with Crippen molar-refractivity contribution in [1.29, 1.82) is 5.26 Å². The second kappa shape index (κ2) is 6.70. The van der Waals surface area contributed by atoms with E-state index in [0.717, 1.165) is 0 Å². The van der Waals surface area contributed by atoms with Crippen molar-refractivity contribution in [1.82, 2.24) is 0 Å². The van der Waals surface area contributed by atoms with Crippen molar-refractivity contribution in [2.75, 3.05) is 6.61 Å². The zero-order valence-corrected chi connectivity index (χ0v) is 9.95. The van der Waals surface area contributed by atoms with Crippen molar-refractivity contribution in [3.8, 4) is 6.07 Å². The van der Waals surface area contributed by atoms with Gasteiger partial charge >= 0.3 is 5.97 Å². The van der Waals surface area contributed by atoms with Gasteiger partial charge in [-0.15, -0.1) is 0 Å². The van der Waals surface area contributed by atoms with Gasteiger partial charge in [-0.3, -0.25) is 0 Å². The molecule has 0 bridgehead atoms. The minimum Gasteiger partial charge on any atom is -0.462 e. The molecule has 0 aliphatic rings. The molecule has 18 heavy (non-hydrogen) atoms. The standard InChI is InChI=1S/C13H13F2NO2/c1-2-18-13(17)11-6-5-10(12(14)15)8-9(11)4-3-7-16/h5-6,8,12H,2-4H2,1H3. The molecule has 5 heteroatoms. The molecule has 0 spiro atoms.